The van der Waals surface area contributed by atoms with Gasteiger partial charge in [-0.1, -0.05) is 12.1 Å². The molecule has 2 saturated heterocycles. The zero-order chi connectivity index (χ0) is 17.6. The lowest BCUT2D eigenvalue weighted by Crippen LogP contribution is -2.56. The van der Waals surface area contributed by atoms with Gasteiger partial charge in [0, 0.05) is 43.7 Å². The van der Waals surface area contributed by atoms with E-state index in [4.69, 9.17) is 0 Å². The van der Waals surface area contributed by atoms with Gasteiger partial charge in [0.05, 0.1) is 5.92 Å². The lowest BCUT2D eigenvalue weighted by molar-refractivity contribution is -0.134. The molecule has 0 aliphatic carbocycles. The van der Waals surface area contributed by atoms with Crippen molar-refractivity contribution in [1.29, 1.82) is 0 Å². The number of benzene rings is 1. The van der Waals surface area contributed by atoms with Gasteiger partial charge in [-0.15, -0.1) is 0 Å². The van der Waals surface area contributed by atoms with Crippen LogP contribution in [0.4, 0.5) is 4.39 Å². The van der Waals surface area contributed by atoms with Gasteiger partial charge in [-0.3, -0.25) is 14.9 Å². The Morgan fingerprint density at radius 1 is 1.32 bits per heavy atom. The highest BCUT2D eigenvalue weighted by molar-refractivity contribution is 6.03. The molecule has 1 aromatic heterocycles. The van der Waals surface area contributed by atoms with Gasteiger partial charge in [-0.05, 0) is 36.5 Å². The van der Waals surface area contributed by atoms with Crippen LogP contribution < -0.4 is 10.6 Å². The van der Waals surface area contributed by atoms with Crippen molar-refractivity contribution in [2.75, 3.05) is 13.1 Å². The SMILES string of the molecule is Cn1cc(C2CCC(=O)NC2=O)c2ccc(CCC3(F)CNC3)cc21. The number of fused-ring (bicyclic) bond motifs is 1. The fraction of sp³-hybridized carbons (Fsp3) is 0.474. The Balaban J connectivity index is 1.60. The minimum absolute atomic E-state index is 0.200. The summed E-state index contributed by atoms with van der Waals surface area (Å²) in [5.74, 6) is -0.707. The van der Waals surface area contributed by atoms with Gasteiger partial charge in [-0.2, -0.15) is 0 Å². The van der Waals surface area contributed by atoms with Gasteiger partial charge in [0.2, 0.25) is 11.8 Å². The maximum absolute atomic E-state index is 14.2. The highest BCUT2D eigenvalue weighted by Gasteiger charge is 2.36. The number of hydrogen-bond acceptors (Lipinski definition) is 3. The molecule has 1 aromatic carbocycles. The Kier molecular flexibility index (Phi) is 3.87. The van der Waals surface area contributed by atoms with Gasteiger partial charge < -0.3 is 9.88 Å². The normalized spacial score (nSPS) is 22.7. The molecule has 0 spiro atoms. The van der Waals surface area contributed by atoms with Crippen molar-refractivity contribution in [3.05, 3.63) is 35.5 Å². The number of amides is 2. The van der Waals surface area contributed by atoms with Crippen molar-refractivity contribution >= 4 is 22.7 Å². The van der Waals surface area contributed by atoms with Gasteiger partial charge in [0.15, 0.2) is 0 Å². The van der Waals surface area contributed by atoms with Gasteiger partial charge >= 0.3 is 0 Å². The molecule has 2 N–H and O–H groups in total. The minimum Gasteiger partial charge on any atom is -0.350 e. The van der Waals surface area contributed by atoms with E-state index in [0.717, 1.165) is 22.0 Å². The summed E-state index contributed by atoms with van der Waals surface area (Å²) in [5, 5.41) is 6.44. The van der Waals surface area contributed by atoms with Crippen LogP contribution in [0.15, 0.2) is 24.4 Å². The zero-order valence-electron chi connectivity index (χ0n) is 14.3. The molecule has 0 bridgehead atoms. The number of aryl methyl sites for hydroxylation is 2. The molecule has 2 aliphatic heterocycles. The highest BCUT2D eigenvalue weighted by atomic mass is 19.1. The van der Waals surface area contributed by atoms with Crippen molar-refractivity contribution in [1.82, 2.24) is 15.2 Å². The van der Waals surface area contributed by atoms with Crippen molar-refractivity contribution in [3.8, 4) is 0 Å². The first-order chi connectivity index (χ1) is 12.0. The van der Waals surface area contributed by atoms with Crippen molar-refractivity contribution < 1.29 is 14.0 Å². The van der Waals surface area contributed by atoms with Crippen molar-refractivity contribution in [2.45, 2.75) is 37.3 Å². The molecule has 2 fully saturated rings. The maximum atomic E-state index is 14.2. The van der Waals surface area contributed by atoms with Crippen LogP contribution in [0.2, 0.25) is 0 Å². The second-order valence-electron chi connectivity index (χ2n) is 7.30. The van der Waals surface area contributed by atoms with Crippen LogP contribution in [0.1, 0.15) is 36.3 Å². The van der Waals surface area contributed by atoms with Gasteiger partial charge in [0.25, 0.3) is 0 Å². The third-order valence-corrected chi connectivity index (χ3v) is 5.45. The standard InChI is InChI=1S/C19H22FN3O2/c1-23-9-15(14-4-5-17(24)22-18(14)25)13-3-2-12(8-16(13)23)6-7-19(20)10-21-11-19/h2-3,8-9,14,21H,4-7,10-11H2,1H3,(H,22,24,25). The Morgan fingerprint density at radius 3 is 2.80 bits per heavy atom. The minimum atomic E-state index is -1.07. The van der Waals surface area contributed by atoms with Crippen LogP contribution in [0.5, 0.6) is 0 Å². The third kappa shape index (κ3) is 2.95. The fourth-order valence-corrected chi connectivity index (χ4v) is 3.83. The van der Waals surface area contributed by atoms with E-state index in [0.29, 0.717) is 38.8 Å². The number of hydrogen-bond donors (Lipinski definition) is 2. The number of nitrogens with zero attached hydrogens (tertiary/aromatic N) is 1. The molecule has 2 aromatic rings. The number of piperidine rings is 1. The molecular formula is C19H22FN3O2. The number of nitrogens with one attached hydrogen (secondary N) is 2. The summed E-state index contributed by atoms with van der Waals surface area (Å²) in [6.07, 6.45) is 4.12. The first-order valence-corrected chi connectivity index (χ1v) is 8.76. The molecule has 4 rings (SSSR count). The summed E-state index contributed by atoms with van der Waals surface area (Å²) in [5.41, 5.74) is 2.03. The monoisotopic (exact) mass is 343 g/mol. The molecule has 0 saturated carbocycles. The first kappa shape index (κ1) is 16.3. The smallest absolute Gasteiger partial charge is 0.234 e. The maximum Gasteiger partial charge on any atom is 0.234 e. The molecule has 25 heavy (non-hydrogen) atoms. The predicted molar refractivity (Wildman–Crippen MR) is 93.1 cm³/mol. The van der Waals surface area contributed by atoms with E-state index in [1.54, 1.807) is 0 Å². The molecule has 2 aliphatic rings. The van der Waals surface area contributed by atoms with E-state index in [2.05, 4.69) is 16.7 Å². The number of aromatic nitrogens is 1. The molecule has 132 valence electrons. The number of carbonyl (C=O) groups excluding carboxylic acids is 2. The summed E-state index contributed by atoms with van der Waals surface area (Å²) in [4.78, 5) is 23.6. The molecule has 0 radical (unpaired) electrons. The van der Waals surface area contributed by atoms with E-state index in [-0.39, 0.29) is 17.7 Å². The second kappa shape index (κ2) is 5.95. The van der Waals surface area contributed by atoms with Crippen molar-refractivity contribution in [3.63, 3.8) is 0 Å². The summed E-state index contributed by atoms with van der Waals surface area (Å²) < 4.78 is 16.2. The van der Waals surface area contributed by atoms with E-state index >= 15 is 0 Å². The molecule has 5 nitrogen and oxygen atoms in total. The van der Waals surface area contributed by atoms with Crippen LogP contribution in [-0.2, 0) is 23.1 Å². The van der Waals surface area contributed by atoms with Crippen molar-refractivity contribution in [2.24, 2.45) is 7.05 Å². The predicted octanol–water partition coefficient (Wildman–Crippen LogP) is 1.94. The summed E-state index contributed by atoms with van der Waals surface area (Å²) in [6.45, 7) is 0.887. The van der Waals surface area contributed by atoms with Crippen LogP contribution >= 0.6 is 0 Å². The molecule has 6 heteroatoms. The Hall–Kier alpha value is -2.21. The van der Waals surface area contributed by atoms with Crippen LogP contribution in [-0.4, -0.2) is 35.1 Å². The first-order valence-electron chi connectivity index (χ1n) is 8.76. The average molecular weight is 343 g/mol. The van der Waals surface area contributed by atoms with Crippen LogP contribution in [0.3, 0.4) is 0 Å². The molecular weight excluding hydrogens is 321 g/mol. The third-order valence-electron chi connectivity index (χ3n) is 5.45. The topological polar surface area (TPSA) is 63.1 Å². The second-order valence-corrected chi connectivity index (χ2v) is 7.30. The molecule has 1 atom stereocenters. The van der Waals surface area contributed by atoms with Gasteiger partial charge in [0.1, 0.15) is 5.67 Å². The number of carbonyl (C=O) groups is 2. The number of rotatable bonds is 4. The summed E-state index contributed by atoms with van der Waals surface area (Å²) in [7, 11) is 1.95. The largest absolute Gasteiger partial charge is 0.350 e. The summed E-state index contributed by atoms with van der Waals surface area (Å²) >= 11 is 0. The number of halogens is 1. The Bertz CT molecular complexity index is 854. The Morgan fingerprint density at radius 2 is 2.12 bits per heavy atom. The molecule has 1 unspecified atom stereocenters. The zero-order valence-corrected chi connectivity index (χ0v) is 14.3. The highest BCUT2D eigenvalue weighted by Crippen LogP contribution is 2.33. The number of imide groups is 1. The lowest BCUT2D eigenvalue weighted by Gasteiger charge is -2.35. The fourth-order valence-electron chi connectivity index (χ4n) is 3.83. The Labute approximate surface area is 145 Å². The quantitative estimate of drug-likeness (QED) is 0.834. The van der Waals surface area contributed by atoms with E-state index in [1.807, 2.05) is 29.9 Å². The summed E-state index contributed by atoms with van der Waals surface area (Å²) in [6, 6.07) is 6.13. The van der Waals surface area contributed by atoms with E-state index < -0.39 is 5.67 Å². The molecule has 2 amide bonds. The van der Waals surface area contributed by atoms with Crippen LogP contribution in [0.25, 0.3) is 10.9 Å². The van der Waals surface area contributed by atoms with E-state index in [1.165, 1.54) is 0 Å². The lowest BCUT2D eigenvalue weighted by atomic mass is 9.89. The molecule has 3 heterocycles. The average Bonchev–Trinajstić information content (AvgIpc) is 2.88. The van der Waals surface area contributed by atoms with Crippen LogP contribution in [0, 0.1) is 0 Å². The number of alkyl halides is 1. The van der Waals surface area contributed by atoms with Gasteiger partial charge in [-0.25, -0.2) is 4.39 Å². The van der Waals surface area contributed by atoms with E-state index in [9.17, 15) is 14.0 Å².